The average Bonchev–Trinajstić information content (AvgIpc) is 2.60. The zero-order chi connectivity index (χ0) is 18.4. The first-order chi connectivity index (χ1) is 12.5. The Morgan fingerprint density at radius 3 is 2.65 bits per heavy atom. The van der Waals surface area contributed by atoms with E-state index in [9.17, 15) is 4.79 Å². The fourth-order valence-corrected chi connectivity index (χ4v) is 2.71. The van der Waals surface area contributed by atoms with Gasteiger partial charge < -0.3 is 25.8 Å². The lowest BCUT2D eigenvalue weighted by molar-refractivity contribution is -0.117. The minimum Gasteiger partial charge on any atom is -0.397 e. The van der Waals surface area contributed by atoms with Crippen LogP contribution in [0.1, 0.15) is 18.9 Å². The van der Waals surface area contributed by atoms with Gasteiger partial charge in [0.1, 0.15) is 0 Å². The molecule has 4 N–H and O–H groups in total. The molecule has 2 aromatic carbocycles. The maximum Gasteiger partial charge on any atom is 0.226 e. The Morgan fingerprint density at radius 1 is 1.23 bits per heavy atom. The van der Waals surface area contributed by atoms with Crippen LogP contribution in [0.4, 0.5) is 17.1 Å². The predicted molar refractivity (Wildman–Crippen MR) is 103 cm³/mol. The number of benzene rings is 2. The molecule has 0 spiro atoms. The monoisotopic (exact) mass is 355 g/mol. The van der Waals surface area contributed by atoms with Crippen LogP contribution in [0.3, 0.4) is 0 Å². The van der Waals surface area contributed by atoms with Crippen molar-refractivity contribution in [1.29, 1.82) is 0 Å². The molecule has 6 nitrogen and oxygen atoms in total. The number of nitrogens with one attached hydrogen (secondary N) is 2. The molecule has 138 valence electrons. The summed E-state index contributed by atoms with van der Waals surface area (Å²) in [7, 11) is 0. The van der Waals surface area contributed by atoms with Gasteiger partial charge in [0.05, 0.1) is 49.8 Å². The quantitative estimate of drug-likeness (QED) is 0.501. The summed E-state index contributed by atoms with van der Waals surface area (Å²) in [4.78, 5) is 12.0. The Hall–Kier alpha value is -2.57. The van der Waals surface area contributed by atoms with Crippen LogP contribution >= 0.6 is 0 Å². The summed E-state index contributed by atoms with van der Waals surface area (Å²) in [6, 6.07) is 15.4. The van der Waals surface area contributed by atoms with Crippen LogP contribution in [0.2, 0.25) is 0 Å². The molecular weight excluding hydrogens is 330 g/mol. The molecule has 26 heavy (non-hydrogen) atoms. The highest BCUT2D eigenvalue weighted by Gasteiger charge is 2.33. The van der Waals surface area contributed by atoms with E-state index in [0.717, 1.165) is 11.3 Å². The van der Waals surface area contributed by atoms with Crippen molar-refractivity contribution in [2.24, 2.45) is 0 Å². The number of hydrogen-bond donors (Lipinski definition) is 3. The van der Waals surface area contributed by atoms with Crippen LogP contribution in [-0.4, -0.2) is 31.3 Å². The fraction of sp³-hybridized carbons (Fsp3) is 0.350. The summed E-state index contributed by atoms with van der Waals surface area (Å²) in [6.45, 7) is 4.28. The van der Waals surface area contributed by atoms with Gasteiger partial charge in [-0.05, 0) is 30.7 Å². The van der Waals surface area contributed by atoms with Gasteiger partial charge in [-0.25, -0.2) is 0 Å². The third kappa shape index (κ3) is 4.97. The van der Waals surface area contributed by atoms with Gasteiger partial charge in [0, 0.05) is 5.69 Å². The van der Waals surface area contributed by atoms with Gasteiger partial charge in [-0.2, -0.15) is 0 Å². The van der Waals surface area contributed by atoms with Gasteiger partial charge in [-0.15, -0.1) is 0 Å². The van der Waals surface area contributed by atoms with Crippen molar-refractivity contribution in [2.45, 2.75) is 25.5 Å². The first-order valence-electron chi connectivity index (χ1n) is 8.71. The lowest BCUT2D eigenvalue weighted by Crippen LogP contribution is -2.53. The number of rotatable bonds is 8. The van der Waals surface area contributed by atoms with Gasteiger partial charge >= 0.3 is 0 Å². The number of carbonyl (C=O) groups is 1. The van der Waals surface area contributed by atoms with Crippen molar-refractivity contribution < 1.29 is 14.3 Å². The minimum absolute atomic E-state index is 0.0744. The van der Waals surface area contributed by atoms with Gasteiger partial charge in [-0.3, -0.25) is 4.79 Å². The van der Waals surface area contributed by atoms with Crippen LogP contribution in [0.25, 0.3) is 0 Å². The molecule has 1 amide bonds. The smallest absolute Gasteiger partial charge is 0.226 e. The second-order valence-corrected chi connectivity index (χ2v) is 6.82. The fourth-order valence-electron chi connectivity index (χ4n) is 2.71. The molecule has 0 unspecified atom stereocenters. The zero-order valence-corrected chi connectivity index (χ0v) is 15.0. The number of amides is 1. The molecule has 3 rings (SSSR count). The third-order valence-electron chi connectivity index (χ3n) is 4.20. The van der Waals surface area contributed by atoms with Gasteiger partial charge in [0.2, 0.25) is 5.91 Å². The molecule has 0 saturated carbocycles. The van der Waals surface area contributed by atoms with E-state index < -0.39 is 0 Å². The Balaban J connectivity index is 1.43. The molecule has 1 heterocycles. The minimum atomic E-state index is -0.0995. The molecule has 1 saturated heterocycles. The second-order valence-electron chi connectivity index (χ2n) is 6.82. The second kappa shape index (κ2) is 8.21. The summed E-state index contributed by atoms with van der Waals surface area (Å²) < 4.78 is 10.8. The summed E-state index contributed by atoms with van der Waals surface area (Å²) >= 11 is 0. The van der Waals surface area contributed by atoms with Crippen molar-refractivity contribution in [1.82, 2.24) is 0 Å². The summed E-state index contributed by atoms with van der Waals surface area (Å²) in [5.41, 5.74) is 9.23. The van der Waals surface area contributed by atoms with Crippen LogP contribution in [-0.2, 0) is 20.9 Å². The topological polar surface area (TPSA) is 85.6 Å². The lowest BCUT2D eigenvalue weighted by Gasteiger charge is -2.39. The zero-order valence-electron chi connectivity index (χ0n) is 15.0. The molecule has 1 aliphatic rings. The lowest BCUT2D eigenvalue weighted by atomic mass is 10.00. The van der Waals surface area contributed by atoms with Crippen molar-refractivity contribution in [3.8, 4) is 0 Å². The van der Waals surface area contributed by atoms with Crippen LogP contribution in [0, 0.1) is 0 Å². The van der Waals surface area contributed by atoms with E-state index in [1.54, 1.807) is 6.07 Å². The predicted octanol–water partition coefficient (Wildman–Crippen LogP) is 3.02. The normalized spacial score (nSPS) is 15.1. The van der Waals surface area contributed by atoms with Gasteiger partial charge in [-0.1, -0.05) is 30.3 Å². The molecule has 0 aromatic heterocycles. The van der Waals surface area contributed by atoms with Crippen LogP contribution in [0.15, 0.2) is 48.5 Å². The number of hydrogen-bond acceptors (Lipinski definition) is 5. The highest BCUT2D eigenvalue weighted by atomic mass is 16.5. The van der Waals surface area contributed by atoms with E-state index in [-0.39, 0.29) is 11.4 Å². The number of ether oxygens (including phenoxy) is 2. The maximum atomic E-state index is 12.0. The SMILES string of the molecule is CC1(Nc2ccc(NC(=O)CCOCc3ccccc3)cc2N)COC1. The number of nitrogens with two attached hydrogens (primary N) is 1. The molecular formula is C20H25N3O3. The number of nitrogen functional groups attached to an aromatic ring is 1. The molecule has 0 radical (unpaired) electrons. The van der Waals surface area contributed by atoms with E-state index in [4.69, 9.17) is 15.2 Å². The standard InChI is InChI=1S/C20H25N3O3/c1-20(13-26-14-20)23-18-8-7-16(11-17(18)21)22-19(24)9-10-25-12-15-5-3-2-4-6-15/h2-8,11,23H,9-10,12-14,21H2,1H3,(H,22,24). The molecule has 1 fully saturated rings. The van der Waals surface area contributed by atoms with Crippen molar-refractivity contribution >= 4 is 23.0 Å². The Morgan fingerprint density at radius 2 is 2.00 bits per heavy atom. The Labute approximate surface area is 153 Å². The first-order valence-corrected chi connectivity index (χ1v) is 8.71. The van der Waals surface area contributed by atoms with Gasteiger partial charge in [0.15, 0.2) is 0 Å². The number of carbonyl (C=O) groups excluding carboxylic acids is 1. The van der Waals surface area contributed by atoms with Crippen molar-refractivity contribution in [2.75, 3.05) is 36.2 Å². The maximum absolute atomic E-state index is 12.0. The Kier molecular flexibility index (Phi) is 5.75. The summed E-state index contributed by atoms with van der Waals surface area (Å²) in [5, 5.41) is 6.23. The van der Waals surface area contributed by atoms with Crippen molar-refractivity contribution in [3.05, 3.63) is 54.1 Å². The summed E-state index contributed by atoms with van der Waals surface area (Å²) in [6.07, 6.45) is 0.294. The van der Waals surface area contributed by atoms with E-state index in [2.05, 4.69) is 17.6 Å². The molecule has 6 heteroatoms. The largest absolute Gasteiger partial charge is 0.397 e. The molecule has 0 atom stereocenters. The van der Waals surface area contributed by atoms with Crippen LogP contribution < -0.4 is 16.4 Å². The van der Waals surface area contributed by atoms with E-state index >= 15 is 0 Å². The summed E-state index contributed by atoms with van der Waals surface area (Å²) in [5.74, 6) is -0.0995. The van der Waals surface area contributed by atoms with Crippen LogP contribution in [0.5, 0.6) is 0 Å². The molecule has 1 aliphatic heterocycles. The first kappa shape index (κ1) is 18.2. The third-order valence-corrected chi connectivity index (χ3v) is 4.20. The Bertz CT molecular complexity index is 745. The van der Waals surface area contributed by atoms with E-state index in [1.165, 1.54) is 0 Å². The molecule has 2 aromatic rings. The molecule has 0 aliphatic carbocycles. The highest BCUT2D eigenvalue weighted by Crippen LogP contribution is 2.28. The van der Waals surface area contributed by atoms with Gasteiger partial charge in [0.25, 0.3) is 0 Å². The highest BCUT2D eigenvalue weighted by molar-refractivity contribution is 5.92. The number of anilines is 3. The van der Waals surface area contributed by atoms with E-state index in [1.807, 2.05) is 42.5 Å². The molecule has 0 bridgehead atoms. The average molecular weight is 355 g/mol. The van der Waals surface area contributed by atoms with E-state index in [0.29, 0.717) is 44.2 Å². The van der Waals surface area contributed by atoms with Crippen molar-refractivity contribution in [3.63, 3.8) is 0 Å².